The quantitative estimate of drug-likeness (QED) is 0.710. The van der Waals surface area contributed by atoms with E-state index >= 15 is 0 Å². The Bertz CT molecular complexity index is 700. The first-order valence-electron chi connectivity index (χ1n) is 9.47. The highest BCUT2D eigenvalue weighted by Crippen LogP contribution is 2.40. The number of allylic oxidation sites excluding steroid dienone is 1. The molecule has 0 radical (unpaired) electrons. The van der Waals surface area contributed by atoms with Crippen LogP contribution in [0.4, 0.5) is 4.79 Å². The third kappa shape index (κ3) is 3.84. The summed E-state index contributed by atoms with van der Waals surface area (Å²) in [5.74, 6) is 0.181. The molecule has 3 rings (SSSR count). The van der Waals surface area contributed by atoms with Crippen LogP contribution in [0.2, 0.25) is 0 Å². The number of hydrogen-bond acceptors (Lipinski definition) is 3. The summed E-state index contributed by atoms with van der Waals surface area (Å²) in [6.07, 6.45) is 3.15. The van der Waals surface area contributed by atoms with E-state index < -0.39 is 5.60 Å². The van der Waals surface area contributed by atoms with Crippen LogP contribution in [0.25, 0.3) is 5.57 Å². The van der Waals surface area contributed by atoms with Crippen molar-refractivity contribution in [2.24, 2.45) is 5.92 Å². The number of benzene rings is 1. The number of Topliss-reactive ketones (excluding diaryl/α,β-unsaturated/α-hetero) is 1. The van der Waals surface area contributed by atoms with Gasteiger partial charge in [0, 0.05) is 23.6 Å². The molecule has 1 aromatic rings. The lowest BCUT2D eigenvalue weighted by atomic mass is 9.84. The zero-order chi connectivity index (χ0) is 19.1. The molecular weight excluding hydrogens is 326 g/mol. The molecule has 1 aromatic carbocycles. The SMILES string of the molecule is C=C(C)c1ccc(C(=O)C2CC3CCC(C2)N3C(=O)OC(C)(C)C)cc1. The number of carbonyl (C=O) groups excluding carboxylic acids is 2. The molecule has 2 bridgehead atoms. The highest BCUT2D eigenvalue weighted by Gasteiger charge is 2.46. The second kappa shape index (κ2) is 6.90. The minimum absolute atomic E-state index is 0.0122. The maximum Gasteiger partial charge on any atom is 0.410 e. The Kier molecular flexibility index (Phi) is 4.96. The van der Waals surface area contributed by atoms with Gasteiger partial charge in [0.05, 0.1) is 0 Å². The molecule has 2 aliphatic rings. The van der Waals surface area contributed by atoms with Crippen molar-refractivity contribution in [3.8, 4) is 0 Å². The first-order valence-corrected chi connectivity index (χ1v) is 9.47. The number of nitrogens with zero attached hydrogens (tertiary/aromatic N) is 1. The molecule has 4 heteroatoms. The summed E-state index contributed by atoms with van der Waals surface area (Å²) in [7, 11) is 0. The summed E-state index contributed by atoms with van der Waals surface area (Å²) in [4.78, 5) is 27.4. The van der Waals surface area contributed by atoms with E-state index in [1.807, 2.05) is 56.9 Å². The normalized spacial score (nSPS) is 25.1. The number of carbonyl (C=O) groups is 2. The van der Waals surface area contributed by atoms with Crippen molar-refractivity contribution >= 4 is 17.4 Å². The number of rotatable bonds is 3. The molecule has 0 saturated carbocycles. The lowest BCUT2D eigenvalue weighted by Gasteiger charge is -2.39. The van der Waals surface area contributed by atoms with E-state index in [0.29, 0.717) is 0 Å². The summed E-state index contributed by atoms with van der Waals surface area (Å²) in [5, 5.41) is 0. The number of ether oxygens (including phenoxy) is 1. The predicted octanol–water partition coefficient (Wildman–Crippen LogP) is 5.08. The molecule has 0 aromatic heterocycles. The molecular formula is C22H29NO3. The lowest BCUT2D eigenvalue weighted by Crippen LogP contribution is -2.49. The van der Waals surface area contributed by atoms with E-state index in [9.17, 15) is 9.59 Å². The van der Waals surface area contributed by atoms with Crippen molar-refractivity contribution in [3.05, 3.63) is 42.0 Å². The van der Waals surface area contributed by atoms with E-state index in [0.717, 1.165) is 42.4 Å². The van der Waals surface area contributed by atoms with E-state index in [-0.39, 0.29) is 29.9 Å². The van der Waals surface area contributed by atoms with E-state index in [1.165, 1.54) is 0 Å². The molecule has 26 heavy (non-hydrogen) atoms. The summed E-state index contributed by atoms with van der Waals surface area (Å²) < 4.78 is 5.57. The molecule has 2 aliphatic heterocycles. The number of piperidine rings is 1. The Morgan fingerprint density at radius 2 is 1.54 bits per heavy atom. The van der Waals surface area contributed by atoms with Gasteiger partial charge in [-0.2, -0.15) is 0 Å². The van der Waals surface area contributed by atoms with E-state index in [1.54, 1.807) is 0 Å². The molecule has 2 fully saturated rings. The standard InChI is InChI=1S/C22H29NO3/c1-14(2)15-6-8-16(9-7-15)20(24)17-12-18-10-11-19(13-17)23(18)21(25)26-22(3,4)5/h6-9,17-19H,1,10-13H2,2-5H3. The van der Waals surface area contributed by atoms with Crippen molar-refractivity contribution in [1.82, 2.24) is 4.90 Å². The molecule has 4 nitrogen and oxygen atoms in total. The van der Waals surface area contributed by atoms with Gasteiger partial charge in [-0.1, -0.05) is 36.4 Å². The minimum Gasteiger partial charge on any atom is -0.444 e. The van der Waals surface area contributed by atoms with Gasteiger partial charge < -0.3 is 9.64 Å². The summed E-state index contributed by atoms with van der Waals surface area (Å²) in [5.41, 5.74) is 2.31. The van der Waals surface area contributed by atoms with Gasteiger partial charge in [-0.3, -0.25) is 4.79 Å². The van der Waals surface area contributed by atoms with Gasteiger partial charge >= 0.3 is 6.09 Å². The first kappa shape index (κ1) is 18.7. The van der Waals surface area contributed by atoms with Crippen LogP contribution >= 0.6 is 0 Å². The molecule has 1 amide bonds. The number of fused-ring (bicyclic) bond motifs is 2. The van der Waals surface area contributed by atoms with Crippen LogP contribution in [0, 0.1) is 5.92 Å². The lowest BCUT2D eigenvalue weighted by molar-refractivity contribution is 0.00254. The summed E-state index contributed by atoms with van der Waals surface area (Å²) >= 11 is 0. The number of ketones is 1. The van der Waals surface area contributed by atoms with Gasteiger partial charge in [0.2, 0.25) is 0 Å². The fraction of sp³-hybridized carbons (Fsp3) is 0.545. The Hall–Kier alpha value is -2.10. The van der Waals surface area contributed by atoms with Gasteiger partial charge in [0.1, 0.15) is 5.60 Å². The fourth-order valence-electron chi connectivity index (χ4n) is 4.16. The molecule has 2 unspecified atom stereocenters. The first-order chi connectivity index (χ1) is 12.2. The Labute approximate surface area is 156 Å². The van der Waals surface area contributed by atoms with Crippen LogP contribution in [0.15, 0.2) is 30.8 Å². The van der Waals surface area contributed by atoms with Crippen molar-refractivity contribution in [1.29, 1.82) is 0 Å². The summed E-state index contributed by atoms with van der Waals surface area (Å²) in [6, 6.07) is 7.95. The van der Waals surface area contributed by atoms with Crippen LogP contribution in [-0.2, 0) is 4.74 Å². The largest absolute Gasteiger partial charge is 0.444 e. The second-order valence-electron chi connectivity index (χ2n) is 8.66. The van der Waals surface area contributed by atoms with Crippen LogP contribution in [0.5, 0.6) is 0 Å². The van der Waals surface area contributed by atoms with Crippen molar-refractivity contribution in [2.45, 2.75) is 71.1 Å². The van der Waals surface area contributed by atoms with Crippen LogP contribution in [0.3, 0.4) is 0 Å². The molecule has 0 aliphatic carbocycles. The Balaban J connectivity index is 1.69. The molecule has 0 N–H and O–H groups in total. The average Bonchev–Trinajstić information content (AvgIpc) is 2.83. The van der Waals surface area contributed by atoms with Crippen molar-refractivity contribution in [3.63, 3.8) is 0 Å². The Morgan fingerprint density at radius 1 is 1.04 bits per heavy atom. The van der Waals surface area contributed by atoms with Gasteiger partial charge in [0.25, 0.3) is 0 Å². The van der Waals surface area contributed by atoms with Gasteiger partial charge in [-0.05, 0) is 58.9 Å². The zero-order valence-electron chi connectivity index (χ0n) is 16.2. The third-order valence-corrected chi connectivity index (χ3v) is 5.37. The van der Waals surface area contributed by atoms with Crippen molar-refractivity contribution < 1.29 is 14.3 Å². The minimum atomic E-state index is -0.492. The van der Waals surface area contributed by atoms with Gasteiger partial charge in [0.15, 0.2) is 5.78 Å². The van der Waals surface area contributed by atoms with E-state index in [2.05, 4.69) is 6.58 Å². The van der Waals surface area contributed by atoms with E-state index in [4.69, 9.17) is 4.74 Å². The molecule has 0 spiro atoms. The zero-order valence-corrected chi connectivity index (χ0v) is 16.2. The predicted molar refractivity (Wildman–Crippen MR) is 103 cm³/mol. The van der Waals surface area contributed by atoms with Crippen LogP contribution in [0.1, 0.15) is 69.3 Å². The number of amides is 1. The van der Waals surface area contributed by atoms with Gasteiger partial charge in [-0.15, -0.1) is 0 Å². The van der Waals surface area contributed by atoms with Crippen molar-refractivity contribution in [2.75, 3.05) is 0 Å². The average molecular weight is 355 g/mol. The molecule has 2 saturated heterocycles. The smallest absolute Gasteiger partial charge is 0.410 e. The topological polar surface area (TPSA) is 46.6 Å². The number of hydrogen-bond donors (Lipinski definition) is 0. The third-order valence-electron chi connectivity index (χ3n) is 5.37. The maximum absolute atomic E-state index is 12.9. The fourth-order valence-corrected chi connectivity index (χ4v) is 4.16. The van der Waals surface area contributed by atoms with Crippen LogP contribution in [-0.4, -0.2) is 34.5 Å². The van der Waals surface area contributed by atoms with Gasteiger partial charge in [-0.25, -0.2) is 4.79 Å². The maximum atomic E-state index is 12.9. The van der Waals surface area contributed by atoms with Crippen LogP contribution < -0.4 is 0 Å². The highest BCUT2D eigenvalue weighted by atomic mass is 16.6. The molecule has 140 valence electrons. The highest BCUT2D eigenvalue weighted by molar-refractivity contribution is 5.98. The Morgan fingerprint density at radius 3 is 2.00 bits per heavy atom. The molecule has 2 heterocycles. The second-order valence-corrected chi connectivity index (χ2v) is 8.66. The summed E-state index contributed by atoms with van der Waals surface area (Å²) in [6.45, 7) is 11.6. The monoisotopic (exact) mass is 355 g/mol. The molecule has 2 atom stereocenters.